The minimum absolute atomic E-state index is 0.0249. The highest BCUT2D eigenvalue weighted by molar-refractivity contribution is 5.87. The number of halogens is 1. The van der Waals surface area contributed by atoms with Crippen molar-refractivity contribution in [3.8, 4) is 11.5 Å². The number of hydrogen-bond acceptors (Lipinski definition) is 5. The van der Waals surface area contributed by atoms with Gasteiger partial charge >= 0.3 is 0 Å². The molecule has 0 radical (unpaired) electrons. The van der Waals surface area contributed by atoms with E-state index in [0.29, 0.717) is 35.1 Å². The first-order chi connectivity index (χ1) is 16.7. The molecule has 0 fully saturated rings. The highest BCUT2D eigenvalue weighted by Crippen LogP contribution is 2.29. The van der Waals surface area contributed by atoms with Crippen molar-refractivity contribution in [2.75, 3.05) is 19.7 Å². The average Bonchev–Trinajstić information content (AvgIpc) is 2.82. The Hall–Kier alpha value is -3.16. The monoisotopic (exact) mass is 483 g/mol. The van der Waals surface area contributed by atoms with E-state index in [0.717, 1.165) is 17.8 Å². The molecule has 0 unspecified atom stereocenters. The Morgan fingerprint density at radius 2 is 1.89 bits per heavy atom. The van der Waals surface area contributed by atoms with Gasteiger partial charge in [0.25, 0.3) is 0 Å². The maximum atomic E-state index is 14.0. The molecule has 0 aromatic heterocycles. The van der Waals surface area contributed by atoms with Crippen LogP contribution < -0.4 is 20.1 Å². The molecule has 0 amide bonds. The number of aliphatic hydroxyl groups is 1. The summed E-state index contributed by atoms with van der Waals surface area (Å²) in [5, 5.41) is 15.8. The number of nitrogens with one attached hydrogen (secondary N) is 2. The molecule has 0 aliphatic rings. The highest BCUT2D eigenvalue weighted by atomic mass is 19.1. The smallest absolute Gasteiger partial charge is 0.129 e. The number of ether oxygens (including phenoxy) is 2. The number of allylic oxidation sites excluding steroid dienone is 1. The Balaban J connectivity index is 2.14. The van der Waals surface area contributed by atoms with Crippen LogP contribution in [0.1, 0.15) is 45.7 Å². The molecule has 0 spiro atoms. The van der Waals surface area contributed by atoms with Gasteiger partial charge in [0.2, 0.25) is 0 Å². The fourth-order valence-corrected chi connectivity index (χ4v) is 3.20. The summed E-state index contributed by atoms with van der Waals surface area (Å²) in [5.41, 5.74) is 2.72. The van der Waals surface area contributed by atoms with Gasteiger partial charge in [-0.25, -0.2) is 9.38 Å². The van der Waals surface area contributed by atoms with E-state index in [1.165, 1.54) is 6.07 Å². The van der Waals surface area contributed by atoms with Crippen molar-refractivity contribution in [2.24, 2.45) is 10.9 Å². The molecule has 190 valence electrons. The predicted molar refractivity (Wildman–Crippen MR) is 141 cm³/mol. The van der Waals surface area contributed by atoms with Crippen LogP contribution in [0.5, 0.6) is 11.5 Å². The summed E-state index contributed by atoms with van der Waals surface area (Å²) in [6.45, 7) is 15.4. The molecule has 7 heteroatoms. The molecule has 0 saturated carbocycles. The average molecular weight is 484 g/mol. The zero-order valence-corrected chi connectivity index (χ0v) is 21.4. The Labute approximate surface area is 208 Å². The van der Waals surface area contributed by atoms with Gasteiger partial charge in [0.15, 0.2) is 0 Å². The standard InChI is InChI=1S/C28H38FN3O3/c1-7-25(16-30-15-20(4)17-33)32-22(6)31-21(5)24-12-26(14-27(13-24)35-19(2)3)34-18-23-10-8-9-11-28(23)29/h7-14,19-20,30,33H,5,15-18H2,1-4,6H3,(H,31,32)/b25-7-/t20-/m1/s1. The molecule has 2 rings (SSSR count). The van der Waals surface area contributed by atoms with Crippen LogP contribution in [0.2, 0.25) is 0 Å². The van der Waals surface area contributed by atoms with Gasteiger partial charge < -0.3 is 25.2 Å². The fraction of sp³-hybridized carbons (Fsp3) is 0.393. The van der Waals surface area contributed by atoms with E-state index in [-0.39, 0.29) is 31.1 Å². The van der Waals surface area contributed by atoms with Gasteiger partial charge in [0.1, 0.15) is 29.8 Å². The predicted octanol–water partition coefficient (Wildman–Crippen LogP) is 5.29. The topological polar surface area (TPSA) is 75.1 Å². The summed E-state index contributed by atoms with van der Waals surface area (Å²) in [7, 11) is 0. The highest BCUT2D eigenvalue weighted by Gasteiger charge is 2.10. The SMILES string of the molecule is C=C(N=C(C)N/C(=C\C)CNC[C@@H](C)CO)c1cc(OCc2ccccc2F)cc(OC(C)C)c1. The van der Waals surface area contributed by atoms with Crippen LogP contribution in [0.15, 0.2) is 65.8 Å². The van der Waals surface area contributed by atoms with Crippen LogP contribution in [0, 0.1) is 11.7 Å². The zero-order chi connectivity index (χ0) is 25.8. The first-order valence-corrected chi connectivity index (χ1v) is 11.9. The van der Waals surface area contributed by atoms with Crippen LogP contribution >= 0.6 is 0 Å². The van der Waals surface area contributed by atoms with Crippen molar-refractivity contribution in [1.29, 1.82) is 0 Å². The van der Waals surface area contributed by atoms with Gasteiger partial charge in [-0.05, 0) is 51.8 Å². The lowest BCUT2D eigenvalue weighted by Gasteiger charge is -2.16. The van der Waals surface area contributed by atoms with Crippen LogP contribution in [0.4, 0.5) is 4.39 Å². The summed E-state index contributed by atoms with van der Waals surface area (Å²) >= 11 is 0. The molecule has 6 nitrogen and oxygen atoms in total. The number of rotatable bonds is 13. The summed E-state index contributed by atoms with van der Waals surface area (Å²) < 4.78 is 25.8. The molecular formula is C28H38FN3O3. The minimum atomic E-state index is -0.307. The summed E-state index contributed by atoms with van der Waals surface area (Å²) in [6, 6.07) is 12.0. The molecule has 0 aliphatic heterocycles. The second kappa shape index (κ2) is 14.3. The summed E-state index contributed by atoms with van der Waals surface area (Å²) in [4.78, 5) is 4.62. The van der Waals surface area contributed by atoms with Gasteiger partial charge in [-0.2, -0.15) is 0 Å². The van der Waals surface area contributed by atoms with Gasteiger partial charge in [0, 0.05) is 42.6 Å². The van der Waals surface area contributed by atoms with Crippen molar-refractivity contribution in [3.63, 3.8) is 0 Å². The fourth-order valence-electron chi connectivity index (χ4n) is 3.20. The number of aliphatic hydroxyl groups excluding tert-OH is 1. The lowest BCUT2D eigenvalue weighted by molar-refractivity contribution is 0.234. The van der Waals surface area contributed by atoms with Crippen molar-refractivity contribution in [2.45, 2.75) is 47.3 Å². The Morgan fingerprint density at radius 3 is 2.54 bits per heavy atom. The second-order valence-electron chi connectivity index (χ2n) is 8.74. The van der Waals surface area contributed by atoms with E-state index >= 15 is 0 Å². The molecule has 0 aliphatic carbocycles. The van der Waals surface area contributed by atoms with Crippen LogP contribution in [-0.4, -0.2) is 36.7 Å². The van der Waals surface area contributed by atoms with Crippen molar-refractivity contribution in [3.05, 3.63) is 77.8 Å². The molecule has 0 bridgehead atoms. The third-order valence-corrected chi connectivity index (χ3v) is 5.05. The zero-order valence-electron chi connectivity index (χ0n) is 21.4. The minimum Gasteiger partial charge on any atom is -0.491 e. The van der Waals surface area contributed by atoms with E-state index in [1.807, 2.05) is 52.8 Å². The van der Waals surface area contributed by atoms with Crippen LogP contribution in [0.25, 0.3) is 5.70 Å². The van der Waals surface area contributed by atoms with Crippen LogP contribution in [-0.2, 0) is 6.61 Å². The third-order valence-electron chi connectivity index (χ3n) is 5.05. The third kappa shape index (κ3) is 9.92. The van der Waals surface area contributed by atoms with Crippen molar-refractivity contribution < 1.29 is 19.0 Å². The number of amidine groups is 1. The first-order valence-electron chi connectivity index (χ1n) is 11.9. The number of aliphatic imine (C=N–C) groups is 1. The van der Waals surface area contributed by atoms with E-state index in [4.69, 9.17) is 14.6 Å². The molecule has 0 heterocycles. The van der Waals surface area contributed by atoms with Gasteiger partial charge in [0.05, 0.1) is 11.8 Å². The number of nitrogens with zero attached hydrogens (tertiary/aromatic N) is 1. The Kier molecular flexibility index (Phi) is 11.5. The van der Waals surface area contributed by atoms with Crippen LogP contribution in [0.3, 0.4) is 0 Å². The van der Waals surface area contributed by atoms with Gasteiger partial charge in [-0.15, -0.1) is 0 Å². The summed E-state index contributed by atoms with van der Waals surface area (Å²) in [6.07, 6.45) is 1.95. The molecule has 2 aromatic rings. The van der Waals surface area contributed by atoms with E-state index in [9.17, 15) is 4.39 Å². The second-order valence-corrected chi connectivity index (χ2v) is 8.74. The lowest BCUT2D eigenvalue weighted by atomic mass is 10.1. The molecule has 3 N–H and O–H groups in total. The van der Waals surface area contributed by atoms with E-state index in [2.05, 4.69) is 22.2 Å². The first kappa shape index (κ1) is 28.1. The summed E-state index contributed by atoms with van der Waals surface area (Å²) in [5.74, 6) is 1.74. The molecule has 35 heavy (non-hydrogen) atoms. The van der Waals surface area contributed by atoms with Crippen molar-refractivity contribution >= 4 is 11.5 Å². The van der Waals surface area contributed by atoms with E-state index in [1.54, 1.807) is 24.3 Å². The number of hydrogen-bond donors (Lipinski definition) is 3. The molecule has 1 atom stereocenters. The van der Waals surface area contributed by atoms with Crippen molar-refractivity contribution in [1.82, 2.24) is 10.6 Å². The Bertz CT molecular complexity index is 1030. The molecule has 0 saturated heterocycles. The maximum Gasteiger partial charge on any atom is 0.129 e. The normalized spacial score (nSPS) is 13.0. The van der Waals surface area contributed by atoms with Gasteiger partial charge in [-0.1, -0.05) is 37.8 Å². The Morgan fingerprint density at radius 1 is 1.17 bits per heavy atom. The maximum absolute atomic E-state index is 14.0. The molecular weight excluding hydrogens is 445 g/mol. The largest absolute Gasteiger partial charge is 0.491 e. The van der Waals surface area contributed by atoms with Gasteiger partial charge in [-0.3, -0.25) is 0 Å². The number of benzene rings is 2. The van der Waals surface area contributed by atoms with E-state index < -0.39 is 0 Å². The molecule has 2 aromatic carbocycles. The lowest BCUT2D eigenvalue weighted by Crippen LogP contribution is -2.31. The quantitative estimate of drug-likeness (QED) is 0.267.